The molecule has 7 nitrogen and oxygen atoms in total. The normalized spacial score (nSPS) is 10.4. The SMILES string of the molecule is CCOC(=O)Nc1cccc(NC(=O)Cn2nc(C)c(Cl)c2C)c1C. The number of aryl methyl sites for hydroxylation is 1. The summed E-state index contributed by atoms with van der Waals surface area (Å²) in [6.45, 7) is 7.47. The maximum atomic E-state index is 12.3. The number of carbonyl (C=O) groups excluding carboxylic acids is 2. The fraction of sp³-hybridized carbons (Fsp3) is 0.353. The molecule has 2 N–H and O–H groups in total. The van der Waals surface area contributed by atoms with Crippen molar-refractivity contribution in [1.82, 2.24) is 9.78 Å². The highest BCUT2D eigenvalue weighted by Gasteiger charge is 2.14. The summed E-state index contributed by atoms with van der Waals surface area (Å²) in [4.78, 5) is 23.9. The lowest BCUT2D eigenvalue weighted by molar-refractivity contribution is -0.116. The summed E-state index contributed by atoms with van der Waals surface area (Å²) in [7, 11) is 0. The van der Waals surface area contributed by atoms with Crippen LogP contribution in [0.4, 0.5) is 16.2 Å². The third kappa shape index (κ3) is 4.51. The predicted molar refractivity (Wildman–Crippen MR) is 97.2 cm³/mol. The molecule has 0 atom stereocenters. The molecule has 1 aromatic carbocycles. The van der Waals surface area contributed by atoms with E-state index >= 15 is 0 Å². The second-order valence-electron chi connectivity index (χ2n) is 5.51. The van der Waals surface area contributed by atoms with Gasteiger partial charge in [-0.3, -0.25) is 14.8 Å². The van der Waals surface area contributed by atoms with E-state index in [9.17, 15) is 9.59 Å². The number of nitrogens with one attached hydrogen (secondary N) is 2. The van der Waals surface area contributed by atoms with Crippen LogP contribution in [0.1, 0.15) is 23.9 Å². The van der Waals surface area contributed by atoms with Crippen LogP contribution >= 0.6 is 11.6 Å². The number of anilines is 2. The molecular weight excluding hydrogens is 344 g/mol. The molecule has 0 aliphatic carbocycles. The van der Waals surface area contributed by atoms with Gasteiger partial charge in [0.15, 0.2) is 0 Å². The molecule has 2 amide bonds. The fourth-order valence-electron chi connectivity index (χ4n) is 2.34. The molecule has 0 saturated heterocycles. The van der Waals surface area contributed by atoms with Crippen molar-refractivity contribution in [2.75, 3.05) is 17.2 Å². The zero-order valence-corrected chi connectivity index (χ0v) is 15.4. The molecule has 2 aromatic rings. The molecule has 0 unspecified atom stereocenters. The summed E-state index contributed by atoms with van der Waals surface area (Å²) in [5.74, 6) is -0.237. The molecule has 0 fully saturated rings. The first-order valence-electron chi connectivity index (χ1n) is 7.86. The Labute approximate surface area is 151 Å². The maximum Gasteiger partial charge on any atom is 0.411 e. The summed E-state index contributed by atoms with van der Waals surface area (Å²) in [5, 5.41) is 10.3. The first-order chi connectivity index (χ1) is 11.8. The molecule has 1 heterocycles. The smallest absolute Gasteiger partial charge is 0.411 e. The van der Waals surface area contributed by atoms with Gasteiger partial charge < -0.3 is 10.1 Å². The van der Waals surface area contributed by atoms with Crippen LogP contribution in [-0.4, -0.2) is 28.4 Å². The van der Waals surface area contributed by atoms with Crippen LogP contribution in [0.3, 0.4) is 0 Å². The van der Waals surface area contributed by atoms with E-state index in [1.165, 1.54) is 0 Å². The van der Waals surface area contributed by atoms with Gasteiger partial charge in [-0.1, -0.05) is 17.7 Å². The average Bonchev–Trinajstić information content (AvgIpc) is 2.78. The number of ether oxygens (including phenoxy) is 1. The molecular formula is C17H21ClN4O3. The van der Waals surface area contributed by atoms with Gasteiger partial charge in [0.2, 0.25) is 5.91 Å². The fourth-order valence-corrected chi connectivity index (χ4v) is 2.47. The summed E-state index contributed by atoms with van der Waals surface area (Å²) >= 11 is 6.10. The van der Waals surface area contributed by atoms with E-state index in [-0.39, 0.29) is 19.1 Å². The van der Waals surface area contributed by atoms with Crippen LogP contribution in [0.15, 0.2) is 18.2 Å². The van der Waals surface area contributed by atoms with Gasteiger partial charge in [0.1, 0.15) is 6.54 Å². The lowest BCUT2D eigenvalue weighted by Crippen LogP contribution is -2.21. The maximum absolute atomic E-state index is 12.3. The third-order valence-corrected chi connectivity index (χ3v) is 4.25. The second kappa shape index (κ2) is 8.02. The number of hydrogen-bond donors (Lipinski definition) is 2. The Kier molecular flexibility index (Phi) is 6.03. The highest BCUT2D eigenvalue weighted by Crippen LogP contribution is 2.24. The molecule has 8 heteroatoms. The Hall–Kier alpha value is -2.54. The molecule has 0 aliphatic rings. The van der Waals surface area contributed by atoms with Crippen LogP contribution in [0.2, 0.25) is 5.02 Å². The summed E-state index contributed by atoms with van der Waals surface area (Å²) < 4.78 is 6.42. The first kappa shape index (κ1) is 18.8. The first-order valence-corrected chi connectivity index (χ1v) is 8.24. The van der Waals surface area contributed by atoms with E-state index in [0.29, 0.717) is 22.1 Å². The van der Waals surface area contributed by atoms with E-state index in [1.807, 2.05) is 6.92 Å². The number of nitrogens with zero attached hydrogens (tertiary/aromatic N) is 2. The van der Waals surface area contributed by atoms with Crippen molar-refractivity contribution in [3.05, 3.63) is 40.2 Å². The zero-order valence-electron chi connectivity index (χ0n) is 14.6. The minimum atomic E-state index is -0.536. The third-order valence-electron chi connectivity index (χ3n) is 3.71. The minimum absolute atomic E-state index is 0.0500. The Balaban J connectivity index is 2.10. The van der Waals surface area contributed by atoms with Crippen LogP contribution in [0, 0.1) is 20.8 Å². The Morgan fingerprint density at radius 3 is 2.40 bits per heavy atom. The van der Waals surface area contributed by atoms with Gasteiger partial charge in [-0.2, -0.15) is 5.10 Å². The van der Waals surface area contributed by atoms with Gasteiger partial charge in [0.25, 0.3) is 0 Å². The van der Waals surface area contributed by atoms with Crippen LogP contribution in [0.25, 0.3) is 0 Å². The Morgan fingerprint density at radius 2 is 1.84 bits per heavy atom. The lowest BCUT2D eigenvalue weighted by atomic mass is 10.1. The minimum Gasteiger partial charge on any atom is -0.450 e. The summed E-state index contributed by atoms with van der Waals surface area (Å²) in [6, 6.07) is 5.24. The summed E-state index contributed by atoms with van der Waals surface area (Å²) in [5.41, 5.74) is 3.33. The van der Waals surface area contributed by atoms with Gasteiger partial charge in [-0.05, 0) is 45.4 Å². The Bertz CT molecular complexity index is 801. The molecule has 2 rings (SSSR count). The van der Waals surface area contributed by atoms with E-state index < -0.39 is 6.09 Å². The highest BCUT2D eigenvalue weighted by atomic mass is 35.5. The van der Waals surface area contributed by atoms with Gasteiger partial charge >= 0.3 is 6.09 Å². The van der Waals surface area contributed by atoms with E-state index in [0.717, 1.165) is 11.3 Å². The zero-order chi connectivity index (χ0) is 18.6. The largest absolute Gasteiger partial charge is 0.450 e. The molecule has 0 bridgehead atoms. The van der Waals surface area contributed by atoms with Crippen molar-refractivity contribution in [3.63, 3.8) is 0 Å². The van der Waals surface area contributed by atoms with Crippen molar-refractivity contribution in [1.29, 1.82) is 0 Å². The van der Waals surface area contributed by atoms with Crippen LogP contribution in [-0.2, 0) is 16.1 Å². The van der Waals surface area contributed by atoms with Gasteiger partial charge in [0, 0.05) is 11.4 Å². The molecule has 0 spiro atoms. The summed E-state index contributed by atoms with van der Waals surface area (Å²) in [6.07, 6.45) is -0.536. The highest BCUT2D eigenvalue weighted by molar-refractivity contribution is 6.31. The standard InChI is InChI=1S/C17H21ClN4O3/c1-5-25-17(24)20-14-8-6-7-13(10(14)2)19-15(23)9-22-12(4)16(18)11(3)21-22/h6-8H,5,9H2,1-4H3,(H,19,23)(H,20,24). The molecule has 0 saturated carbocycles. The molecule has 0 radical (unpaired) electrons. The quantitative estimate of drug-likeness (QED) is 0.847. The molecule has 0 aliphatic heterocycles. The van der Waals surface area contributed by atoms with Crippen molar-refractivity contribution in [3.8, 4) is 0 Å². The predicted octanol–water partition coefficient (Wildman–Crippen LogP) is 3.67. The molecule has 25 heavy (non-hydrogen) atoms. The van der Waals surface area contributed by atoms with Gasteiger partial charge in [-0.25, -0.2) is 4.79 Å². The average molecular weight is 365 g/mol. The van der Waals surface area contributed by atoms with Gasteiger partial charge in [-0.15, -0.1) is 0 Å². The van der Waals surface area contributed by atoms with Crippen molar-refractivity contribution in [2.24, 2.45) is 0 Å². The van der Waals surface area contributed by atoms with Gasteiger partial charge in [0.05, 0.1) is 23.0 Å². The van der Waals surface area contributed by atoms with E-state index in [1.54, 1.807) is 43.7 Å². The van der Waals surface area contributed by atoms with Crippen molar-refractivity contribution >= 4 is 35.0 Å². The molecule has 1 aromatic heterocycles. The second-order valence-corrected chi connectivity index (χ2v) is 5.89. The number of halogens is 1. The van der Waals surface area contributed by atoms with Crippen LogP contribution in [0.5, 0.6) is 0 Å². The van der Waals surface area contributed by atoms with E-state index in [2.05, 4.69) is 15.7 Å². The van der Waals surface area contributed by atoms with Crippen molar-refractivity contribution < 1.29 is 14.3 Å². The number of carbonyl (C=O) groups is 2. The monoisotopic (exact) mass is 364 g/mol. The number of aromatic nitrogens is 2. The number of amides is 2. The topological polar surface area (TPSA) is 85.3 Å². The lowest BCUT2D eigenvalue weighted by Gasteiger charge is -2.13. The van der Waals surface area contributed by atoms with E-state index in [4.69, 9.17) is 16.3 Å². The van der Waals surface area contributed by atoms with Crippen LogP contribution < -0.4 is 10.6 Å². The number of hydrogen-bond acceptors (Lipinski definition) is 4. The number of benzene rings is 1. The number of rotatable bonds is 5. The Morgan fingerprint density at radius 1 is 1.20 bits per heavy atom. The van der Waals surface area contributed by atoms with Crippen molar-refractivity contribution in [2.45, 2.75) is 34.2 Å². The molecule has 134 valence electrons.